The number of piperazine rings is 1. The quantitative estimate of drug-likeness (QED) is 0.856. The van der Waals surface area contributed by atoms with Crippen molar-refractivity contribution in [3.05, 3.63) is 0 Å². The zero-order valence-electron chi connectivity index (χ0n) is 12.0. The molecule has 1 saturated heterocycles. The average Bonchev–Trinajstić information content (AvgIpc) is 2.82. The Morgan fingerprint density at radius 1 is 1.32 bits per heavy atom. The lowest BCUT2D eigenvalue weighted by Crippen LogP contribution is -2.64. The maximum absolute atomic E-state index is 12.4. The normalized spacial score (nSPS) is 35.6. The third-order valence-electron chi connectivity index (χ3n) is 4.16. The maximum atomic E-state index is 12.4. The van der Waals surface area contributed by atoms with E-state index in [1.165, 1.54) is 6.42 Å². The first kappa shape index (κ1) is 14.7. The largest absolute Gasteiger partial charge is 0.343 e. The molecule has 5 heteroatoms. The Morgan fingerprint density at radius 2 is 2.05 bits per heavy atom. The molecule has 0 aromatic heterocycles. The van der Waals surface area contributed by atoms with Gasteiger partial charge in [0.05, 0.1) is 0 Å². The minimum absolute atomic E-state index is 0.0150. The van der Waals surface area contributed by atoms with E-state index in [4.69, 9.17) is 0 Å². The van der Waals surface area contributed by atoms with Crippen molar-refractivity contribution in [3.63, 3.8) is 0 Å². The fourth-order valence-corrected chi connectivity index (χ4v) is 4.38. The molecule has 108 valence electrons. The predicted molar refractivity (Wildman–Crippen MR) is 78.1 cm³/mol. The first-order valence-corrected chi connectivity index (χ1v) is 8.37. The molecule has 2 rings (SSSR count). The van der Waals surface area contributed by atoms with Crippen molar-refractivity contribution in [2.75, 3.05) is 5.75 Å². The molecule has 2 fully saturated rings. The highest BCUT2D eigenvalue weighted by Gasteiger charge is 2.43. The standard InChI is InChI=1S/C14H24N2O2S/c1-4-12-13(17)15-9(3)14(18)16(12)10-6-7-11(8-10)19-5-2/h9-12H,4-8H2,1-3H3,(H,15,17). The third-order valence-corrected chi connectivity index (χ3v) is 5.39. The van der Waals surface area contributed by atoms with Crippen LogP contribution in [0.4, 0.5) is 0 Å². The van der Waals surface area contributed by atoms with Crippen LogP contribution in [-0.4, -0.2) is 45.8 Å². The average molecular weight is 284 g/mol. The van der Waals surface area contributed by atoms with E-state index in [9.17, 15) is 9.59 Å². The highest BCUT2D eigenvalue weighted by Crippen LogP contribution is 2.34. The Hall–Kier alpha value is -0.710. The van der Waals surface area contributed by atoms with Gasteiger partial charge in [-0.3, -0.25) is 9.59 Å². The summed E-state index contributed by atoms with van der Waals surface area (Å²) in [4.78, 5) is 26.3. The summed E-state index contributed by atoms with van der Waals surface area (Å²) in [6, 6.07) is -0.373. The van der Waals surface area contributed by atoms with Crippen LogP contribution in [0.1, 0.15) is 46.5 Å². The summed E-state index contributed by atoms with van der Waals surface area (Å²) in [6.45, 7) is 5.94. The Labute approximate surface area is 119 Å². The summed E-state index contributed by atoms with van der Waals surface area (Å²) in [5.41, 5.74) is 0. The summed E-state index contributed by atoms with van der Waals surface area (Å²) in [5.74, 6) is 1.24. The van der Waals surface area contributed by atoms with E-state index in [1.54, 1.807) is 6.92 Å². The molecule has 1 N–H and O–H groups in total. The Balaban J connectivity index is 2.11. The predicted octanol–water partition coefficient (Wildman–Crippen LogP) is 1.79. The number of hydrogen-bond acceptors (Lipinski definition) is 3. The van der Waals surface area contributed by atoms with E-state index in [-0.39, 0.29) is 29.9 Å². The highest BCUT2D eigenvalue weighted by molar-refractivity contribution is 7.99. The van der Waals surface area contributed by atoms with Gasteiger partial charge < -0.3 is 10.2 Å². The summed E-state index contributed by atoms with van der Waals surface area (Å²) in [7, 11) is 0. The summed E-state index contributed by atoms with van der Waals surface area (Å²) in [5, 5.41) is 3.44. The van der Waals surface area contributed by atoms with E-state index >= 15 is 0 Å². The van der Waals surface area contributed by atoms with Crippen molar-refractivity contribution in [2.24, 2.45) is 0 Å². The number of hydrogen-bond donors (Lipinski definition) is 1. The molecule has 2 aliphatic rings. The summed E-state index contributed by atoms with van der Waals surface area (Å²) < 4.78 is 0. The molecule has 1 aliphatic carbocycles. The molecule has 1 aliphatic heterocycles. The molecule has 0 aromatic carbocycles. The van der Waals surface area contributed by atoms with Crippen molar-refractivity contribution in [2.45, 2.75) is 69.8 Å². The topological polar surface area (TPSA) is 49.4 Å². The molecule has 4 atom stereocenters. The van der Waals surface area contributed by atoms with Crippen LogP contribution in [0.5, 0.6) is 0 Å². The molecule has 0 spiro atoms. The van der Waals surface area contributed by atoms with Crippen molar-refractivity contribution in [3.8, 4) is 0 Å². The van der Waals surface area contributed by atoms with Gasteiger partial charge in [-0.15, -0.1) is 0 Å². The van der Waals surface area contributed by atoms with Gasteiger partial charge in [0.25, 0.3) is 0 Å². The van der Waals surface area contributed by atoms with Crippen LogP contribution in [0.2, 0.25) is 0 Å². The van der Waals surface area contributed by atoms with Crippen LogP contribution >= 0.6 is 11.8 Å². The van der Waals surface area contributed by atoms with Crippen LogP contribution < -0.4 is 5.32 Å². The first-order valence-electron chi connectivity index (χ1n) is 7.32. The maximum Gasteiger partial charge on any atom is 0.245 e. The van der Waals surface area contributed by atoms with E-state index in [2.05, 4.69) is 12.2 Å². The van der Waals surface area contributed by atoms with Crippen LogP contribution in [0.3, 0.4) is 0 Å². The third kappa shape index (κ3) is 2.91. The number of nitrogens with one attached hydrogen (secondary N) is 1. The SMILES string of the molecule is CCSC1CCC(N2C(=O)C(C)NC(=O)C2CC)C1. The molecular formula is C14H24N2O2S. The molecule has 4 nitrogen and oxygen atoms in total. The molecule has 0 radical (unpaired) electrons. The van der Waals surface area contributed by atoms with E-state index in [0.717, 1.165) is 18.6 Å². The van der Waals surface area contributed by atoms with Gasteiger partial charge in [0.2, 0.25) is 11.8 Å². The lowest BCUT2D eigenvalue weighted by Gasteiger charge is -2.41. The number of nitrogens with zero attached hydrogens (tertiary/aromatic N) is 1. The van der Waals surface area contributed by atoms with Crippen LogP contribution in [0.15, 0.2) is 0 Å². The zero-order chi connectivity index (χ0) is 14.0. The summed E-state index contributed by atoms with van der Waals surface area (Å²) >= 11 is 1.98. The van der Waals surface area contributed by atoms with Gasteiger partial charge in [0.1, 0.15) is 12.1 Å². The lowest BCUT2D eigenvalue weighted by atomic mass is 10.0. The summed E-state index contributed by atoms with van der Waals surface area (Å²) in [6.07, 6.45) is 3.95. The zero-order valence-corrected chi connectivity index (χ0v) is 12.8. The molecule has 19 heavy (non-hydrogen) atoms. The second-order valence-corrected chi connectivity index (χ2v) is 7.02. The van der Waals surface area contributed by atoms with E-state index in [0.29, 0.717) is 11.7 Å². The molecule has 1 saturated carbocycles. The Morgan fingerprint density at radius 3 is 2.68 bits per heavy atom. The first-order chi connectivity index (χ1) is 9.08. The highest BCUT2D eigenvalue weighted by atomic mass is 32.2. The van der Waals surface area contributed by atoms with Crippen molar-refractivity contribution in [1.29, 1.82) is 0 Å². The van der Waals surface area contributed by atoms with Gasteiger partial charge in [-0.25, -0.2) is 0 Å². The molecular weight excluding hydrogens is 260 g/mol. The van der Waals surface area contributed by atoms with Gasteiger partial charge in [0, 0.05) is 11.3 Å². The Bertz CT molecular complexity index is 361. The molecule has 4 unspecified atom stereocenters. The fraction of sp³-hybridized carbons (Fsp3) is 0.857. The number of carbonyl (C=O) groups is 2. The monoisotopic (exact) mass is 284 g/mol. The van der Waals surface area contributed by atoms with E-state index in [1.807, 2.05) is 23.6 Å². The smallest absolute Gasteiger partial charge is 0.245 e. The van der Waals surface area contributed by atoms with Crippen LogP contribution in [0.25, 0.3) is 0 Å². The molecule has 2 amide bonds. The molecule has 1 heterocycles. The number of rotatable bonds is 4. The Kier molecular flexibility index (Phi) is 4.76. The molecule has 0 aromatic rings. The van der Waals surface area contributed by atoms with Crippen molar-refractivity contribution in [1.82, 2.24) is 10.2 Å². The van der Waals surface area contributed by atoms with E-state index < -0.39 is 0 Å². The van der Waals surface area contributed by atoms with Gasteiger partial charge in [-0.1, -0.05) is 13.8 Å². The van der Waals surface area contributed by atoms with Gasteiger partial charge in [0.15, 0.2) is 0 Å². The fourth-order valence-electron chi connectivity index (χ4n) is 3.25. The van der Waals surface area contributed by atoms with Crippen LogP contribution in [-0.2, 0) is 9.59 Å². The van der Waals surface area contributed by atoms with Crippen molar-refractivity contribution < 1.29 is 9.59 Å². The van der Waals surface area contributed by atoms with Gasteiger partial charge in [-0.05, 0) is 38.4 Å². The number of thioether (sulfide) groups is 1. The van der Waals surface area contributed by atoms with Gasteiger partial charge >= 0.3 is 0 Å². The second-order valence-electron chi connectivity index (χ2n) is 5.44. The number of amides is 2. The minimum Gasteiger partial charge on any atom is -0.343 e. The van der Waals surface area contributed by atoms with Crippen molar-refractivity contribution >= 4 is 23.6 Å². The van der Waals surface area contributed by atoms with Crippen LogP contribution in [0, 0.1) is 0 Å². The minimum atomic E-state index is -0.367. The number of carbonyl (C=O) groups excluding carboxylic acids is 2. The lowest BCUT2D eigenvalue weighted by molar-refractivity contribution is -0.151. The van der Waals surface area contributed by atoms with Gasteiger partial charge in [-0.2, -0.15) is 11.8 Å². The second kappa shape index (κ2) is 6.16. The molecule has 0 bridgehead atoms.